The van der Waals surface area contributed by atoms with Gasteiger partial charge in [-0.05, 0) is 90.1 Å². The van der Waals surface area contributed by atoms with E-state index in [9.17, 15) is 19.8 Å². The van der Waals surface area contributed by atoms with E-state index in [0.29, 0.717) is 0 Å². The first-order valence-corrected chi connectivity index (χ1v) is 20.2. The fraction of sp³-hybridized carbons (Fsp3) is 0.200. The van der Waals surface area contributed by atoms with E-state index in [1.165, 1.54) is 24.0 Å². The van der Waals surface area contributed by atoms with E-state index < -0.39 is 38.4 Å². The third-order valence-electron chi connectivity index (χ3n) is 7.12. The number of esters is 2. The molecule has 0 N–H and O–H groups in total. The fourth-order valence-electron chi connectivity index (χ4n) is 5.05. The van der Waals surface area contributed by atoms with Crippen LogP contribution in [0.5, 0.6) is 0 Å². The predicted molar refractivity (Wildman–Crippen MR) is 199 cm³/mol. The van der Waals surface area contributed by atoms with Crippen LogP contribution in [0.4, 0.5) is 0 Å². The average Bonchev–Trinajstić information content (AvgIpc) is 3.13. The monoisotopic (exact) mass is 928 g/mol. The van der Waals surface area contributed by atoms with Gasteiger partial charge in [0.25, 0.3) is 0 Å². The van der Waals surface area contributed by atoms with Gasteiger partial charge in [-0.1, -0.05) is 86.6 Å². The average molecular weight is 930 g/mol. The Kier molecular flexibility index (Phi) is 22.2. The van der Waals surface area contributed by atoms with Crippen LogP contribution < -0.4 is 31.4 Å². The Morgan fingerprint density at radius 2 is 0.712 bits per heavy atom. The van der Waals surface area contributed by atoms with Crippen molar-refractivity contribution in [1.29, 1.82) is 0 Å². The summed E-state index contributed by atoms with van der Waals surface area (Å²) in [5.41, 5.74) is 0. The number of carbonyl (C=O) groups excluding carboxylic acids is 2. The molecule has 0 aromatic heterocycles. The molecule has 0 bridgehead atoms. The third-order valence-corrected chi connectivity index (χ3v) is 14.2. The molecule has 8 nitrogen and oxygen atoms in total. The molecular formula is C40H44Ag2O8P2. The van der Waals surface area contributed by atoms with Gasteiger partial charge in [-0.25, -0.2) is 0 Å². The largest absolute Gasteiger partial charge is 1.00 e. The number of benzene rings is 4. The molecule has 0 fully saturated rings. The summed E-state index contributed by atoms with van der Waals surface area (Å²) >= 11 is 0. The number of hydrogen-bond acceptors (Lipinski definition) is 8. The van der Waals surface area contributed by atoms with Gasteiger partial charge >= 0.3 is 44.8 Å². The van der Waals surface area contributed by atoms with Crippen LogP contribution in [0.1, 0.15) is 27.7 Å². The molecule has 4 aromatic rings. The molecule has 0 radical (unpaired) electrons. The molecule has 0 saturated carbocycles. The molecule has 0 aliphatic carbocycles. The quantitative estimate of drug-likeness (QED) is 0.0499. The molecule has 4 rings (SSSR count). The summed E-state index contributed by atoms with van der Waals surface area (Å²) < 4.78 is 20.6. The van der Waals surface area contributed by atoms with Gasteiger partial charge in [-0.2, -0.15) is 0 Å². The molecule has 0 unspecified atom stereocenters. The third kappa shape index (κ3) is 13.5. The number of hydrogen-bond donors (Lipinski definition) is 0. The molecular weight excluding hydrogens is 886 g/mol. The van der Waals surface area contributed by atoms with Crippen molar-refractivity contribution in [3.8, 4) is 0 Å². The Balaban J connectivity index is 0.000000501. The second-order valence-corrected chi connectivity index (χ2v) is 16.6. The molecule has 4 aromatic carbocycles. The summed E-state index contributed by atoms with van der Waals surface area (Å²) in [6.07, 6.45) is 3.08. The number of ether oxygens (including phenoxy) is 4. The first-order chi connectivity index (χ1) is 24.2. The second-order valence-electron chi connectivity index (χ2n) is 10.4. The predicted octanol–water partition coefficient (Wildman–Crippen LogP) is 5.15. The van der Waals surface area contributed by atoms with E-state index in [1.54, 1.807) is 27.7 Å². The van der Waals surface area contributed by atoms with Crippen molar-refractivity contribution in [2.24, 2.45) is 0 Å². The van der Waals surface area contributed by atoms with Crippen LogP contribution in [0.15, 0.2) is 145 Å². The summed E-state index contributed by atoms with van der Waals surface area (Å²) in [6.45, 7) is 8.13. The van der Waals surface area contributed by atoms with E-state index in [1.807, 2.05) is 121 Å². The van der Waals surface area contributed by atoms with Crippen molar-refractivity contribution >= 4 is 47.7 Å². The molecule has 0 aliphatic heterocycles. The summed E-state index contributed by atoms with van der Waals surface area (Å²) in [5, 5.41) is 28.2. The number of rotatable bonds is 16. The Labute approximate surface area is 340 Å². The molecule has 0 aliphatic rings. The smallest absolute Gasteiger partial charge is 0.611 e. The fourth-order valence-corrected chi connectivity index (χ4v) is 11.3. The second kappa shape index (κ2) is 24.8. The Bertz CT molecular complexity index is 1450. The van der Waals surface area contributed by atoms with Gasteiger partial charge in [0.1, 0.15) is 0 Å². The standard InChI is InChI=1S/2C20H23O4P.2Ag/c2*1-3-23-19(21)15-25(16-20(22)24-4-2,17-11-7-5-8-12-17)18-13-9-6-10-14-18;;/h2*5-16,21H,3-4H2,1-2H3;;/q;;2*+1/p-2/b2*19-15+;;. The van der Waals surface area contributed by atoms with Gasteiger partial charge in [0.15, 0.2) is 0 Å². The minimum absolute atomic E-state index is 0. The van der Waals surface area contributed by atoms with Crippen molar-refractivity contribution in [2.75, 3.05) is 26.4 Å². The summed E-state index contributed by atoms with van der Waals surface area (Å²) in [5.74, 6) is 1.32. The van der Waals surface area contributed by atoms with Crippen LogP contribution in [0.25, 0.3) is 0 Å². The zero-order valence-electron chi connectivity index (χ0n) is 29.4. The maximum atomic E-state index is 12.3. The summed E-state index contributed by atoms with van der Waals surface area (Å²) in [4.78, 5) is 24.6. The molecule has 0 spiro atoms. The Hall–Kier alpha value is -3.42. The Morgan fingerprint density at radius 3 is 0.923 bits per heavy atom. The first kappa shape index (κ1) is 46.6. The van der Waals surface area contributed by atoms with E-state index in [2.05, 4.69) is 0 Å². The van der Waals surface area contributed by atoms with Gasteiger partial charge in [-0.3, -0.25) is 9.59 Å². The van der Waals surface area contributed by atoms with Crippen LogP contribution in [-0.4, -0.2) is 38.4 Å². The molecule has 0 amide bonds. The van der Waals surface area contributed by atoms with Crippen LogP contribution in [0.2, 0.25) is 0 Å². The minimum Gasteiger partial charge on any atom is -0.611 e. The van der Waals surface area contributed by atoms with E-state index in [4.69, 9.17) is 18.9 Å². The normalized spacial score (nSPS) is 11.2. The molecule has 0 atom stereocenters. The molecule has 52 heavy (non-hydrogen) atoms. The molecule has 0 saturated heterocycles. The minimum atomic E-state index is -2.57. The zero-order valence-corrected chi connectivity index (χ0v) is 34.2. The van der Waals surface area contributed by atoms with Gasteiger partial charge in [0.2, 0.25) is 11.9 Å². The van der Waals surface area contributed by atoms with Gasteiger partial charge in [0, 0.05) is 0 Å². The maximum absolute atomic E-state index is 12.3. The topological polar surface area (TPSA) is 117 Å². The van der Waals surface area contributed by atoms with Gasteiger partial charge < -0.3 is 29.2 Å². The summed E-state index contributed by atoms with van der Waals surface area (Å²) in [6, 6.07) is 38.1. The Morgan fingerprint density at radius 1 is 0.481 bits per heavy atom. The van der Waals surface area contributed by atoms with Crippen molar-refractivity contribution in [3.63, 3.8) is 0 Å². The maximum Gasteiger partial charge on any atom is 1.00 e. The van der Waals surface area contributed by atoms with Crippen LogP contribution in [0.3, 0.4) is 0 Å². The number of carbonyl (C=O) groups is 2. The van der Waals surface area contributed by atoms with Crippen LogP contribution in [-0.2, 0) is 73.3 Å². The zero-order chi connectivity index (χ0) is 36.2. The molecule has 12 heteroatoms. The van der Waals surface area contributed by atoms with Crippen LogP contribution in [0, 0.1) is 12.3 Å². The van der Waals surface area contributed by atoms with Crippen molar-refractivity contribution in [1.82, 2.24) is 0 Å². The van der Waals surface area contributed by atoms with E-state index in [0.717, 1.165) is 21.2 Å². The van der Waals surface area contributed by atoms with E-state index in [-0.39, 0.29) is 71.2 Å². The summed E-state index contributed by atoms with van der Waals surface area (Å²) in [7, 11) is -5.14. The molecule has 284 valence electrons. The van der Waals surface area contributed by atoms with E-state index >= 15 is 0 Å². The van der Waals surface area contributed by atoms with Gasteiger partial charge in [0.05, 0.1) is 58.0 Å². The van der Waals surface area contributed by atoms with Gasteiger partial charge in [-0.15, -0.1) is 12.3 Å². The van der Waals surface area contributed by atoms with Crippen LogP contribution >= 0.6 is 14.5 Å². The van der Waals surface area contributed by atoms with Crippen molar-refractivity contribution < 1.29 is 83.5 Å². The molecule has 0 heterocycles. The first-order valence-electron chi connectivity index (χ1n) is 16.3. The SMILES string of the molecule is CCOC(=O)[CH-][P+](/C=C(\[O-])OCC)(c1ccccc1)c1ccccc1.CCOC(=O)[CH-][P+](/C=C(\[O-])OCC)(c1ccccc1)c1ccccc1.[Ag+].[Ag+]. The van der Waals surface area contributed by atoms with Crippen molar-refractivity contribution in [3.05, 3.63) is 157 Å². The van der Waals surface area contributed by atoms with Crippen molar-refractivity contribution in [2.45, 2.75) is 27.7 Å².